The van der Waals surface area contributed by atoms with Crippen molar-refractivity contribution in [3.63, 3.8) is 0 Å². The summed E-state index contributed by atoms with van der Waals surface area (Å²) in [5.74, 6) is 1.65. The second-order valence-electron chi connectivity index (χ2n) is 6.28. The SMILES string of the molecule is CC1CC(C)CC(Nc2cccc(-n3ccnc3)c2)C1. The summed E-state index contributed by atoms with van der Waals surface area (Å²) in [5.41, 5.74) is 2.37. The third-order valence-electron chi connectivity index (χ3n) is 4.20. The Bertz CT molecular complexity index is 537. The van der Waals surface area contributed by atoms with Crippen LogP contribution in [0.1, 0.15) is 33.1 Å². The van der Waals surface area contributed by atoms with E-state index in [9.17, 15) is 0 Å². The number of nitrogens with one attached hydrogen (secondary N) is 1. The minimum absolute atomic E-state index is 0.604. The predicted octanol–water partition coefficient (Wildman–Crippen LogP) is 4.11. The summed E-state index contributed by atoms with van der Waals surface area (Å²) in [4.78, 5) is 4.11. The first-order valence-electron chi connectivity index (χ1n) is 7.55. The lowest BCUT2D eigenvalue weighted by Gasteiger charge is -2.32. The molecule has 1 fully saturated rings. The Labute approximate surface area is 121 Å². The van der Waals surface area contributed by atoms with Gasteiger partial charge in [-0.15, -0.1) is 0 Å². The molecule has 3 heteroatoms. The molecule has 1 aliphatic carbocycles. The molecule has 20 heavy (non-hydrogen) atoms. The molecule has 0 spiro atoms. The second kappa shape index (κ2) is 5.70. The number of hydrogen-bond acceptors (Lipinski definition) is 2. The first-order chi connectivity index (χ1) is 9.70. The molecule has 1 heterocycles. The van der Waals surface area contributed by atoms with Gasteiger partial charge >= 0.3 is 0 Å². The minimum Gasteiger partial charge on any atom is -0.382 e. The van der Waals surface area contributed by atoms with Crippen LogP contribution in [0.3, 0.4) is 0 Å². The first-order valence-corrected chi connectivity index (χ1v) is 7.55. The molecular weight excluding hydrogens is 246 g/mol. The van der Waals surface area contributed by atoms with Crippen LogP contribution in [0, 0.1) is 11.8 Å². The van der Waals surface area contributed by atoms with E-state index in [1.807, 2.05) is 23.3 Å². The van der Waals surface area contributed by atoms with Crippen molar-refractivity contribution < 1.29 is 0 Å². The smallest absolute Gasteiger partial charge is 0.0991 e. The Morgan fingerprint density at radius 1 is 1.15 bits per heavy atom. The molecule has 0 aliphatic heterocycles. The molecule has 106 valence electrons. The van der Waals surface area contributed by atoms with Crippen molar-refractivity contribution in [3.8, 4) is 5.69 Å². The van der Waals surface area contributed by atoms with E-state index < -0.39 is 0 Å². The number of benzene rings is 1. The van der Waals surface area contributed by atoms with Gasteiger partial charge in [0.25, 0.3) is 0 Å². The molecular formula is C17H23N3. The van der Waals surface area contributed by atoms with Crippen molar-refractivity contribution in [1.82, 2.24) is 9.55 Å². The van der Waals surface area contributed by atoms with Crippen LogP contribution in [-0.4, -0.2) is 15.6 Å². The summed E-state index contributed by atoms with van der Waals surface area (Å²) < 4.78 is 2.04. The van der Waals surface area contributed by atoms with Gasteiger partial charge in [-0.05, 0) is 49.3 Å². The normalized spacial score (nSPS) is 26.4. The van der Waals surface area contributed by atoms with Crippen LogP contribution in [0.15, 0.2) is 43.0 Å². The van der Waals surface area contributed by atoms with Gasteiger partial charge < -0.3 is 9.88 Å². The number of imidazole rings is 1. The zero-order valence-electron chi connectivity index (χ0n) is 12.3. The lowest BCUT2D eigenvalue weighted by molar-refractivity contribution is 0.281. The Morgan fingerprint density at radius 2 is 1.95 bits per heavy atom. The van der Waals surface area contributed by atoms with Gasteiger partial charge in [0.2, 0.25) is 0 Å². The van der Waals surface area contributed by atoms with Gasteiger partial charge in [-0.1, -0.05) is 19.9 Å². The summed E-state index contributed by atoms with van der Waals surface area (Å²) in [6, 6.07) is 9.18. The Morgan fingerprint density at radius 3 is 2.65 bits per heavy atom. The number of anilines is 1. The first kappa shape index (κ1) is 13.2. The zero-order chi connectivity index (χ0) is 13.9. The van der Waals surface area contributed by atoms with Crippen LogP contribution in [0.25, 0.3) is 5.69 Å². The third kappa shape index (κ3) is 3.03. The molecule has 3 nitrogen and oxygen atoms in total. The molecule has 1 aromatic carbocycles. The molecule has 1 N–H and O–H groups in total. The molecule has 0 saturated heterocycles. The highest BCUT2D eigenvalue weighted by atomic mass is 15.0. The van der Waals surface area contributed by atoms with Crippen molar-refractivity contribution in [2.45, 2.75) is 39.2 Å². The van der Waals surface area contributed by atoms with Crippen molar-refractivity contribution >= 4 is 5.69 Å². The van der Waals surface area contributed by atoms with Gasteiger partial charge in [0.1, 0.15) is 0 Å². The van der Waals surface area contributed by atoms with Gasteiger partial charge in [0.15, 0.2) is 0 Å². The summed E-state index contributed by atoms with van der Waals surface area (Å²) in [6.45, 7) is 4.73. The number of aromatic nitrogens is 2. The van der Waals surface area contributed by atoms with Crippen molar-refractivity contribution in [3.05, 3.63) is 43.0 Å². The van der Waals surface area contributed by atoms with E-state index in [4.69, 9.17) is 0 Å². The third-order valence-corrected chi connectivity index (χ3v) is 4.20. The Hall–Kier alpha value is -1.77. The van der Waals surface area contributed by atoms with Crippen molar-refractivity contribution in [2.24, 2.45) is 11.8 Å². The predicted molar refractivity (Wildman–Crippen MR) is 83.2 cm³/mol. The quantitative estimate of drug-likeness (QED) is 0.908. The fourth-order valence-corrected chi connectivity index (χ4v) is 3.47. The van der Waals surface area contributed by atoms with Crippen LogP contribution >= 0.6 is 0 Å². The number of rotatable bonds is 3. The Kier molecular flexibility index (Phi) is 3.77. The maximum atomic E-state index is 4.11. The molecule has 2 unspecified atom stereocenters. The van der Waals surface area contributed by atoms with Gasteiger partial charge in [0, 0.05) is 29.8 Å². The number of nitrogens with zero attached hydrogens (tertiary/aromatic N) is 2. The lowest BCUT2D eigenvalue weighted by Crippen LogP contribution is -2.30. The average molecular weight is 269 g/mol. The van der Waals surface area contributed by atoms with Crippen LogP contribution in [0.2, 0.25) is 0 Å². The maximum Gasteiger partial charge on any atom is 0.0991 e. The minimum atomic E-state index is 0.604. The summed E-state index contributed by atoms with van der Waals surface area (Å²) >= 11 is 0. The second-order valence-corrected chi connectivity index (χ2v) is 6.28. The molecule has 1 aromatic heterocycles. The number of hydrogen-bond donors (Lipinski definition) is 1. The van der Waals surface area contributed by atoms with Crippen LogP contribution < -0.4 is 5.32 Å². The van der Waals surface area contributed by atoms with E-state index in [-0.39, 0.29) is 0 Å². The molecule has 0 amide bonds. The Balaban J connectivity index is 1.73. The van der Waals surface area contributed by atoms with Crippen molar-refractivity contribution in [2.75, 3.05) is 5.32 Å². The summed E-state index contributed by atoms with van der Waals surface area (Å²) in [5, 5.41) is 3.71. The highest BCUT2D eigenvalue weighted by Gasteiger charge is 2.23. The average Bonchev–Trinajstić information content (AvgIpc) is 2.91. The molecule has 1 aliphatic rings. The van der Waals surface area contributed by atoms with Crippen LogP contribution in [-0.2, 0) is 0 Å². The fourth-order valence-electron chi connectivity index (χ4n) is 3.47. The highest BCUT2D eigenvalue weighted by molar-refractivity contribution is 5.51. The van der Waals surface area contributed by atoms with Gasteiger partial charge in [-0.2, -0.15) is 0 Å². The van der Waals surface area contributed by atoms with E-state index in [0.29, 0.717) is 6.04 Å². The molecule has 2 atom stereocenters. The molecule has 1 saturated carbocycles. The summed E-state index contributed by atoms with van der Waals surface area (Å²) in [6.07, 6.45) is 9.55. The topological polar surface area (TPSA) is 29.9 Å². The summed E-state index contributed by atoms with van der Waals surface area (Å²) in [7, 11) is 0. The lowest BCUT2D eigenvalue weighted by atomic mass is 9.80. The highest BCUT2D eigenvalue weighted by Crippen LogP contribution is 2.30. The van der Waals surface area contributed by atoms with Gasteiger partial charge in [-0.3, -0.25) is 0 Å². The maximum absolute atomic E-state index is 4.11. The molecule has 0 bridgehead atoms. The fraction of sp³-hybridized carbons (Fsp3) is 0.471. The molecule has 0 radical (unpaired) electrons. The molecule has 3 rings (SSSR count). The van der Waals surface area contributed by atoms with E-state index >= 15 is 0 Å². The van der Waals surface area contributed by atoms with Gasteiger partial charge in [-0.25, -0.2) is 4.98 Å². The van der Waals surface area contributed by atoms with Crippen LogP contribution in [0.5, 0.6) is 0 Å². The van der Waals surface area contributed by atoms with Crippen molar-refractivity contribution in [1.29, 1.82) is 0 Å². The van der Waals surface area contributed by atoms with E-state index in [1.54, 1.807) is 0 Å². The van der Waals surface area contributed by atoms with E-state index in [2.05, 4.69) is 48.4 Å². The van der Waals surface area contributed by atoms with Crippen LogP contribution in [0.4, 0.5) is 5.69 Å². The standard InChI is InChI=1S/C17H23N3/c1-13-8-14(2)10-16(9-13)19-15-4-3-5-17(11-15)20-7-6-18-12-20/h3-7,11-14,16,19H,8-10H2,1-2H3. The van der Waals surface area contributed by atoms with Gasteiger partial charge in [0.05, 0.1) is 6.33 Å². The largest absolute Gasteiger partial charge is 0.382 e. The molecule has 2 aromatic rings. The van der Waals surface area contributed by atoms with E-state index in [1.165, 1.54) is 24.9 Å². The zero-order valence-corrected chi connectivity index (χ0v) is 12.3. The monoisotopic (exact) mass is 269 g/mol. The van der Waals surface area contributed by atoms with E-state index in [0.717, 1.165) is 17.5 Å².